The second-order valence-corrected chi connectivity index (χ2v) is 27.5. The second-order valence-electron chi connectivity index (χ2n) is 27.5. The number of benzene rings is 4. The Morgan fingerprint density at radius 1 is 0.515 bits per heavy atom. The SMILES string of the molecule is COc1cc(-c2cc(C(C)C)ccc2-c2cc(C)cc(C34CC5(C)CC(C)(CC(C)(C5)C3)C4)c2O)nc(C2C3(C)C[C@]4(C)CC2(c2cc(C)cc(-c5ccc(C(C)C)cc5)c2O)C[C@@](C)(C3)C4)c1. The molecule has 358 valence electrons. The van der Waals surface area contributed by atoms with Gasteiger partial charge in [-0.15, -0.1) is 0 Å². The van der Waals surface area contributed by atoms with Gasteiger partial charge >= 0.3 is 0 Å². The van der Waals surface area contributed by atoms with Crippen LogP contribution in [-0.4, -0.2) is 22.3 Å². The van der Waals surface area contributed by atoms with Gasteiger partial charge in [-0.1, -0.05) is 118 Å². The van der Waals surface area contributed by atoms with Crippen molar-refractivity contribution in [2.75, 3.05) is 7.11 Å². The van der Waals surface area contributed by atoms with Gasteiger partial charge in [0.1, 0.15) is 17.2 Å². The lowest BCUT2D eigenvalue weighted by Crippen LogP contribution is -2.64. The van der Waals surface area contributed by atoms with E-state index in [9.17, 15) is 10.2 Å². The lowest BCUT2D eigenvalue weighted by molar-refractivity contribution is -0.170. The van der Waals surface area contributed by atoms with Gasteiger partial charge in [-0.05, 0) is 180 Å². The van der Waals surface area contributed by atoms with E-state index >= 15 is 0 Å². The number of ether oxygens (including phenoxy) is 1. The van der Waals surface area contributed by atoms with E-state index in [1.165, 1.54) is 47.9 Å². The maximum Gasteiger partial charge on any atom is 0.127 e. The van der Waals surface area contributed by atoms with E-state index in [1.54, 1.807) is 7.11 Å². The maximum absolute atomic E-state index is 13.0. The number of pyridine rings is 1. The van der Waals surface area contributed by atoms with Crippen LogP contribution in [0.5, 0.6) is 17.2 Å². The molecule has 0 spiro atoms. The molecule has 8 aliphatic carbocycles. The number of rotatable bonds is 9. The third-order valence-electron chi connectivity index (χ3n) is 19.2. The Hall–Kier alpha value is -4.57. The fourth-order valence-electron chi connectivity index (χ4n) is 19.8. The molecule has 68 heavy (non-hydrogen) atoms. The van der Waals surface area contributed by atoms with Gasteiger partial charge in [-0.3, -0.25) is 4.98 Å². The predicted octanol–water partition coefficient (Wildman–Crippen LogP) is 17.0. The van der Waals surface area contributed by atoms with Crippen LogP contribution in [0.1, 0.15) is 197 Å². The first kappa shape index (κ1) is 45.8. The van der Waals surface area contributed by atoms with Crippen molar-refractivity contribution in [2.45, 2.75) is 182 Å². The Morgan fingerprint density at radius 2 is 1.01 bits per heavy atom. The highest BCUT2D eigenvalue weighted by molar-refractivity contribution is 5.87. The molecule has 3 atom stereocenters. The number of phenols is 2. The summed E-state index contributed by atoms with van der Waals surface area (Å²) < 4.78 is 6.33. The summed E-state index contributed by atoms with van der Waals surface area (Å²) in [6.45, 7) is 28.7. The zero-order valence-electron chi connectivity index (χ0n) is 43.8. The maximum atomic E-state index is 13.0. The van der Waals surface area contributed by atoms with Gasteiger partial charge in [0.05, 0.1) is 12.8 Å². The highest BCUT2D eigenvalue weighted by Gasteiger charge is 2.70. The van der Waals surface area contributed by atoms with Crippen LogP contribution in [0.25, 0.3) is 33.5 Å². The fourth-order valence-corrected chi connectivity index (χ4v) is 19.8. The number of phenolic OH excluding ortho intramolecular Hbond substituents is 2. The Kier molecular flexibility index (Phi) is 9.94. The summed E-state index contributed by atoms with van der Waals surface area (Å²) in [6.07, 6.45) is 12.8. The largest absolute Gasteiger partial charge is 0.507 e. The van der Waals surface area contributed by atoms with Crippen molar-refractivity contribution < 1.29 is 14.9 Å². The van der Waals surface area contributed by atoms with E-state index in [0.717, 1.165) is 101 Å². The first-order valence-corrected chi connectivity index (χ1v) is 26.3. The molecular formula is C64H79NO3. The molecule has 1 aromatic heterocycles. The molecular weight excluding hydrogens is 831 g/mol. The molecule has 4 aromatic carbocycles. The van der Waals surface area contributed by atoms with E-state index in [4.69, 9.17) is 9.72 Å². The van der Waals surface area contributed by atoms with E-state index in [-0.39, 0.29) is 49.2 Å². The molecule has 4 nitrogen and oxygen atoms in total. The lowest BCUT2D eigenvalue weighted by atomic mass is 9.31. The Labute approximate surface area is 408 Å². The van der Waals surface area contributed by atoms with Gasteiger partial charge in [0.25, 0.3) is 0 Å². The second kappa shape index (κ2) is 14.7. The molecule has 13 rings (SSSR count). The topological polar surface area (TPSA) is 62.6 Å². The number of aryl methyl sites for hydroxylation is 2. The zero-order chi connectivity index (χ0) is 48.4. The Morgan fingerprint density at radius 3 is 1.56 bits per heavy atom. The highest BCUT2D eigenvalue weighted by Crippen LogP contribution is 2.79. The molecule has 8 aliphatic rings. The monoisotopic (exact) mass is 910 g/mol. The van der Waals surface area contributed by atoms with Crippen molar-refractivity contribution in [1.29, 1.82) is 0 Å². The Bertz CT molecular complexity index is 2810. The van der Waals surface area contributed by atoms with Gasteiger partial charge in [-0.25, -0.2) is 0 Å². The molecule has 2 N–H and O–H groups in total. The summed E-state index contributed by atoms with van der Waals surface area (Å²) in [7, 11) is 1.79. The number of nitrogens with zero attached hydrogens (tertiary/aromatic N) is 1. The normalized spacial score (nSPS) is 35.5. The molecule has 1 heterocycles. The highest BCUT2D eigenvalue weighted by atomic mass is 16.5. The van der Waals surface area contributed by atoms with Crippen LogP contribution in [0.2, 0.25) is 0 Å². The van der Waals surface area contributed by atoms with Crippen molar-refractivity contribution in [3.63, 3.8) is 0 Å². The van der Waals surface area contributed by atoms with Crippen molar-refractivity contribution >= 4 is 0 Å². The molecule has 0 amide bonds. The third-order valence-corrected chi connectivity index (χ3v) is 19.2. The summed E-state index contributed by atoms with van der Waals surface area (Å²) in [5.41, 5.74) is 14.7. The minimum atomic E-state index is -0.361. The molecule has 0 aliphatic heterocycles. The van der Waals surface area contributed by atoms with Gasteiger partial charge in [0.15, 0.2) is 0 Å². The lowest BCUT2D eigenvalue weighted by Gasteiger charge is -2.72. The minimum Gasteiger partial charge on any atom is -0.507 e. The number of aromatic nitrogens is 1. The predicted molar refractivity (Wildman–Crippen MR) is 280 cm³/mol. The summed E-state index contributed by atoms with van der Waals surface area (Å²) in [5.74, 6) is 2.45. The van der Waals surface area contributed by atoms with E-state index < -0.39 is 0 Å². The molecule has 5 aromatic rings. The van der Waals surface area contributed by atoms with Crippen LogP contribution in [0.15, 0.2) is 78.9 Å². The fraction of sp³-hybridized carbons (Fsp3) is 0.547. The number of hydrogen-bond donors (Lipinski definition) is 2. The van der Waals surface area contributed by atoms with Crippen LogP contribution in [0.4, 0.5) is 0 Å². The molecule has 1 unspecified atom stereocenters. The summed E-state index contributed by atoms with van der Waals surface area (Å²) in [5, 5.41) is 25.9. The van der Waals surface area contributed by atoms with Crippen molar-refractivity contribution in [3.8, 4) is 50.8 Å². The van der Waals surface area contributed by atoms with Crippen LogP contribution in [0.3, 0.4) is 0 Å². The van der Waals surface area contributed by atoms with E-state index in [1.807, 2.05) is 0 Å². The van der Waals surface area contributed by atoms with Crippen LogP contribution < -0.4 is 4.74 Å². The molecule has 0 saturated heterocycles. The minimum absolute atomic E-state index is 0.0325. The smallest absolute Gasteiger partial charge is 0.127 e. The summed E-state index contributed by atoms with van der Waals surface area (Å²) >= 11 is 0. The van der Waals surface area contributed by atoms with E-state index in [0.29, 0.717) is 23.3 Å². The molecule has 8 saturated carbocycles. The van der Waals surface area contributed by atoms with Crippen molar-refractivity contribution in [2.24, 2.45) is 32.5 Å². The van der Waals surface area contributed by atoms with Crippen LogP contribution >= 0.6 is 0 Å². The van der Waals surface area contributed by atoms with Crippen LogP contribution in [-0.2, 0) is 10.8 Å². The number of methoxy groups -OCH3 is 1. The quantitative estimate of drug-likeness (QED) is 0.155. The average molecular weight is 910 g/mol. The first-order chi connectivity index (χ1) is 31.8. The van der Waals surface area contributed by atoms with Crippen LogP contribution in [0, 0.1) is 46.3 Å². The Balaban J connectivity index is 1.10. The van der Waals surface area contributed by atoms with Gasteiger partial charge in [-0.2, -0.15) is 0 Å². The molecule has 0 radical (unpaired) electrons. The number of aromatic hydroxyl groups is 2. The summed E-state index contributed by atoms with van der Waals surface area (Å²) in [4.78, 5) is 5.92. The van der Waals surface area contributed by atoms with Crippen molar-refractivity contribution in [3.05, 3.63) is 118 Å². The average Bonchev–Trinajstić information content (AvgIpc) is 3.21. The van der Waals surface area contributed by atoms with Gasteiger partial charge in [0, 0.05) is 62.4 Å². The van der Waals surface area contributed by atoms with Gasteiger partial charge < -0.3 is 14.9 Å². The van der Waals surface area contributed by atoms with E-state index in [2.05, 4.69) is 162 Å². The third kappa shape index (κ3) is 7.05. The number of hydrogen-bond acceptors (Lipinski definition) is 4. The molecule has 8 bridgehead atoms. The molecule has 8 fully saturated rings. The zero-order valence-corrected chi connectivity index (χ0v) is 43.8. The summed E-state index contributed by atoms with van der Waals surface area (Å²) in [6, 6.07) is 29.2. The molecule has 4 heteroatoms. The first-order valence-electron chi connectivity index (χ1n) is 26.3. The standard InChI is InChI=1S/C64H79NO3/c1-38(2)42-14-16-43(17-15-42)47-20-40(5)23-51(54(47)66)64-36-60(10)30-61(11,37-64)32-62(12,31-60)56(64)53-26-45(68-13)25-52(65-53)48-24-44(39(3)4)18-19-46(48)49-21-41(6)22-50(55(49)67)63-33-57(7)27-58(8,34-63)29-59(9,28-57)35-63/h14-26,38-39,56,66-67H,27-37H2,1-13H3/t56?,57?,58?,59?,60-,61-,62?,63?,64?/m1/s1. The van der Waals surface area contributed by atoms with Gasteiger partial charge in [0.2, 0.25) is 0 Å². The van der Waals surface area contributed by atoms with Crippen molar-refractivity contribution in [1.82, 2.24) is 4.98 Å².